The highest BCUT2D eigenvalue weighted by atomic mass is 32.2. The third-order valence-corrected chi connectivity index (χ3v) is 8.06. The number of benzene rings is 2. The second-order valence-electron chi connectivity index (χ2n) is 8.34. The molecule has 0 radical (unpaired) electrons. The number of aryl methyl sites for hydroxylation is 2. The molecule has 2 aromatic carbocycles. The number of nitrogens with zero attached hydrogens (tertiary/aromatic N) is 2. The quantitative estimate of drug-likeness (QED) is 0.794. The van der Waals surface area contributed by atoms with Gasteiger partial charge in [-0.3, -0.25) is 0 Å². The number of urea groups is 1. The van der Waals surface area contributed by atoms with Gasteiger partial charge in [-0.15, -0.1) is 0 Å². The van der Waals surface area contributed by atoms with Crippen LogP contribution in [0.25, 0.3) is 0 Å². The number of piperazine rings is 1. The molecule has 1 N–H and O–H groups in total. The average Bonchev–Trinajstić information content (AvgIpc) is 3.59. The van der Waals surface area contributed by atoms with Crippen LogP contribution in [0.3, 0.4) is 0 Å². The summed E-state index contributed by atoms with van der Waals surface area (Å²) in [6, 6.07) is 15.5. The van der Waals surface area contributed by atoms with Gasteiger partial charge in [0.1, 0.15) is 0 Å². The number of carbonyl (C=O) groups is 1. The maximum absolute atomic E-state index is 13.1. The van der Waals surface area contributed by atoms with Crippen LogP contribution in [0.4, 0.5) is 4.79 Å². The van der Waals surface area contributed by atoms with Gasteiger partial charge in [0.05, 0.1) is 10.9 Å². The molecule has 0 unspecified atom stereocenters. The number of rotatable bonds is 5. The minimum Gasteiger partial charge on any atom is -0.331 e. The molecule has 1 aliphatic heterocycles. The minimum absolute atomic E-state index is 0.0235. The lowest BCUT2D eigenvalue weighted by atomic mass is 10.0. The molecule has 160 valence electrons. The zero-order chi connectivity index (χ0) is 21.3. The molecule has 1 saturated heterocycles. The van der Waals surface area contributed by atoms with E-state index in [1.165, 1.54) is 4.31 Å². The SMILES string of the molecule is Cc1ccc(C)c(S(=O)(=O)N2CCN(C(=O)N[C@H](c3ccccc3)C3CC3)CC2)c1. The summed E-state index contributed by atoms with van der Waals surface area (Å²) in [6.45, 7) is 5.11. The fraction of sp³-hybridized carbons (Fsp3) is 0.435. The van der Waals surface area contributed by atoms with Gasteiger partial charge >= 0.3 is 6.03 Å². The van der Waals surface area contributed by atoms with E-state index in [4.69, 9.17) is 0 Å². The van der Waals surface area contributed by atoms with E-state index in [0.29, 0.717) is 37.0 Å². The van der Waals surface area contributed by atoms with Crippen molar-refractivity contribution in [1.29, 1.82) is 0 Å². The Bertz CT molecular complexity index is 1010. The molecule has 30 heavy (non-hydrogen) atoms. The Hall–Kier alpha value is -2.38. The second-order valence-corrected chi connectivity index (χ2v) is 10.2. The molecule has 4 rings (SSSR count). The van der Waals surface area contributed by atoms with Crippen molar-refractivity contribution < 1.29 is 13.2 Å². The van der Waals surface area contributed by atoms with Crippen LogP contribution in [0.1, 0.15) is 35.6 Å². The molecule has 2 fully saturated rings. The molecule has 0 spiro atoms. The van der Waals surface area contributed by atoms with Crippen LogP contribution in [0.2, 0.25) is 0 Å². The van der Waals surface area contributed by atoms with Crippen molar-refractivity contribution in [3.05, 3.63) is 65.2 Å². The van der Waals surface area contributed by atoms with Crippen molar-refractivity contribution >= 4 is 16.1 Å². The number of sulfonamides is 1. The number of amides is 2. The van der Waals surface area contributed by atoms with Gasteiger partial charge in [-0.25, -0.2) is 13.2 Å². The Morgan fingerprint density at radius 1 is 1.00 bits per heavy atom. The van der Waals surface area contributed by atoms with Crippen molar-refractivity contribution in [2.45, 2.75) is 37.6 Å². The minimum atomic E-state index is -3.56. The summed E-state index contributed by atoms with van der Waals surface area (Å²) in [5.41, 5.74) is 2.80. The normalized spacial score (nSPS) is 18.8. The van der Waals surface area contributed by atoms with Gasteiger partial charge in [0.15, 0.2) is 0 Å². The lowest BCUT2D eigenvalue weighted by Gasteiger charge is -2.35. The predicted octanol–water partition coefficient (Wildman–Crippen LogP) is 3.47. The first kappa shape index (κ1) is 20.9. The van der Waals surface area contributed by atoms with E-state index in [-0.39, 0.29) is 12.1 Å². The first-order chi connectivity index (χ1) is 14.4. The molecule has 2 aliphatic rings. The highest BCUT2D eigenvalue weighted by Gasteiger charge is 2.36. The number of nitrogens with one attached hydrogen (secondary N) is 1. The van der Waals surface area contributed by atoms with E-state index >= 15 is 0 Å². The van der Waals surface area contributed by atoms with Crippen LogP contribution >= 0.6 is 0 Å². The molecule has 1 aliphatic carbocycles. The first-order valence-electron chi connectivity index (χ1n) is 10.5. The molecular formula is C23H29N3O3S. The Balaban J connectivity index is 1.40. The summed E-state index contributed by atoms with van der Waals surface area (Å²) in [5.74, 6) is 0.488. The van der Waals surface area contributed by atoms with Gasteiger partial charge in [0.25, 0.3) is 0 Å². The van der Waals surface area contributed by atoms with Crippen molar-refractivity contribution in [3.8, 4) is 0 Å². The zero-order valence-corrected chi connectivity index (χ0v) is 18.4. The molecular weight excluding hydrogens is 398 g/mol. The third kappa shape index (κ3) is 4.37. The number of hydrogen-bond acceptors (Lipinski definition) is 3. The third-order valence-electron chi connectivity index (χ3n) is 6.02. The van der Waals surface area contributed by atoms with Gasteiger partial charge in [0, 0.05) is 26.2 Å². The average molecular weight is 428 g/mol. The summed E-state index contributed by atoms with van der Waals surface area (Å²) < 4.78 is 27.7. The molecule has 1 atom stereocenters. The molecule has 2 aromatic rings. The van der Waals surface area contributed by atoms with Crippen molar-refractivity contribution in [2.75, 3.05) is 26.2 Å². The lowest BCUT2D eigenvalue weighted by molar-refractivity contribution is 0.167. The van der Waals surface area contributed by atoms with E-state index in [9.17, 15) is 13.2 Å². The Kier molecular flexibility index (Phi) is 5.84. The van der Waals surface area contributed by atoms with Crippen LogP contribution in [-0.2, 0) is 10.0 Å². The topological polar surface area (TPSA) is 69.7 Å². The van der Waals surface area contributed by atoms with Crippen molar-refractivity contribution in [2.24, 2.45) is 5.92 Å². The molecule has 1 heterocycles. The molecule has 6 nitrogen and oxygen atoms in total. The van der Waals surface area contributed by atoms with Crippen LogP contribution in [0, 0.1) is 19.8 Å². The molecule has 7 heteroatoms. The van der Waals surface area contributed by atoms with E-state index < -0.39 is 10.0 Å². The summed E-state index contributed by atoms with van der Waals surface area (Å²) in [7, 11) is -3.56. The largest absolute Gasteiger partial charge is 0.331 e. The summed E-state index contributed by atoms with van der Waals surface area (Å²) in [6.07, 6.45) is 2.25. The van der Waals surface area contributed by atoms with Crippen LogP contribution in [0.15, 0.2) is 53.4 Å². The van der Waals surface area contributed by atoms with E-state index in [2.05, 4.69) is 17.4 Å². The van der Waals surface area contributed by atoms with Crippen LogP contribution < -0.4 is 5.32 Å². The molecule has 0 bridgehead atoms. The summed E-state index contributed by atoms with van der Waals surface area (Å²) in [5, 5.41) is 3.19. The standard InChI is InChI=1S/C23H29N3O3S/c1-17-8-9-18(2)21(16-17)30(28,29)26-14-12-25(13-15-26)23(27)24-22(20-10-11-20)19-6-4-3-5-7-19/h3-9,16,20,22H,10-15H2,1-2H3,(H,24,27)/t22-/m1/s1. The summed E-state index contributed by atoms with van der Waals surface area (Å²) >= 11 is 0. The maximum Gasteiger partial charge on any atom is 0.317 e. The van der Waals surface area contributed by atoms with Crippen LogP contribution in [0.5, 0.6) is 0 Å². The Morgan fingerprint density at radius 3 is 2.30 bits per heavy atom. The monoisotopic (exact) mass is 427 g/mol. The van der Waals surface area contributed by atoms with Crippen LogP contribution in [-0.4, -0.2) is 49.8 Å². The predicted molar refractivity (Wildman–Crippen MR) is 117 cm³/mol. The Morgan fingerprint density at radius 2 is 1.67 bits per heavy atom. The fourth-order valence-corrected chi connectivity index (χ4v) is 5.78. The molecule has 0 aromatic heterocycles. The Labute approximate surface area is 178 Å². The summed E-state index contributed by atoms with van der Waals surface area (Å²) in [4.78, 5) is 15.0. The van der Waals surface area contributed by atoms with Gasteiger partial charge < -0.3 is 10.2 Å². The number of carbonyl (C=O) groups excluding carboxylic acids is 1. The lowest BCUT2D eigenvalue weighted by Crippen LogP contribution is -2.53. The van der Waals surface area contributed by atoms with E-state index in [1.54, 1.807) is 11.0 Å². The van der Waals surface area contributed by atoms with Crippen molar-refractivity contribution in [1.82, 2.24) is 14.5 Å². The van der Waals surface area contributed by atoms with Gasteiger partial charge in [-0.05, 0) is 55.4 Å². The first-order valence-corrected chi connectivity index (χ1v) is 12.0. The smallest absolute Gasteiger partial charge is 0.317 e. The van der Waals surface area contributed by atoms with Gasteiger partial charge in [0.2, 0.25) is 10.0 Å². The van der Waals surface area contributed by atoms with Gasteiger partial charge in [-0.2, -0.15) is 4.31 Å². The van der Waals surface area contributed by atoms with E-state index in [0.717, 1.165) is 29.5 Å². The molecule has 2 amide bonds. The maximum atomic E-state index is 13.1. The second kappa shape index (κ2) is 8.40. The van der Waals surface area contributed by atoms with Gasteiger partial charge in [-0.1, -0.05) is 42.5 Å². The zero-order valence-electron chi connectivity index (χ0n) is 17.5. The molecule has 1 saturated carbocycles. The highest BCUT2D eigenvalue weighted by molar-refractivity contribution is 7.89. The number of hydrogen-bond donors (Lipinski definition) is 1. The fourth-order valence-electron chi connectivity index (χ4n) is 4.04. The highest BCUT2D eigenvalue weighted by Crippen LogP contribution is 2.41. The van der Waals surface area contributed by atoms with E-state index in [1.807, 2.05) is 44.2 Å². The van der Waals surface area contributed by atoms with Crippen molar-refractivity contribution in [3.63, 3.8) is 0 Å².